The van der Waals surface area contributed by atoms with Gasteiger partial charge >= 0.3 is 0 Å². The topological polar surface area (TPSA) is 21.3 Å². The molecule has 2 aromatic rings. The first-order chi connectivity index (χ1) is 10.2. The van der Waals surface area contributed by atoms with Gasteiger partial charge in [-0.3, -0.25) is 0 Å². The maximum Gasteiger partial charge on any atom is 0.126 e. The van der Waals surface area contributed by atoms with Gasteiger partial charge in [0.05, 0.1) is 7.11 Å². The normalized spacial score (nSPS) is 12.1. The Morgan fingerprint density at radius 1 is 1.10 bits per heavy atom. The highest BCUT2D eigenvalue weighted by molar-refractivity contribution is 5.27. The highest BCUT2D eigenvalue weighted by Crippen LogP contribution is 2.12. The molecule has 1 N–H and O–H groups in total. The zero-order chi connectivity index (χ0) is 15.1. The van der Waals surface area contributed by atoms with Crippen LogP contribution in [-0.2, 0) is 12.8 Å². The van der Waals surface area contributed by atoms with Crippen molar-refractivity contribution in [2.45, 2.75) is 25.8 Å². The van der Waals surface area contributed by atoms with Crippen LogP contribution < -0.4 is 10.1 Å². The number of hydrogen-bond acceptors (Lipinski definition) is 2. The maximum atomic E-state index is 13.5. The number of benzene rings is 2. The van der Waals surface area contributed by atoms with Crippen LogP contribution in [0.3, 0.4) is 0 Å². The van der Waals surface area contributed by atoms with Gasteiger partial charge in [-0.15, -0.1) is 0 Å². The third-order valence-corrected chi connectivity index (χ3v) is 3.55. The smallest absolute Gasteiger partial charge is 0.126 e. The Bertz CT molecular complexity index is 553. The first-order valence-corrected chi connectivity index (χ1v) is 7.29. The molecule has 1 atom stereocenters. The van der Waals surface area contributed by atoms with Crippen molar-refractivity contribution in [3.8, 4) is 5.75 Å². The second-order valence-corrected chi connectivity index (χ2v) is 5.25. The van der Waals surface area contributed by atoms with Gasteiger partial charge < -0.3 is 10.1 Å². The van der Waals surface area contributed by atoms with Crippen molar-refractivity contribution >= 4 is 0 Å². The molecule has 0 bridgehead atoms. The Morgan fingerprint density at radius 3 is 2.48 bits per heavy atom. The van der Waals surface area contributed by atoms with E-state index in [9.17, 15) is 4.39 Å². The molecule has 0 heterocycles. The minimum atomic E-state index is -0.123. The quantitative estimate of drug-likeness (QED) is 0.840. The van der Waals surface area contributed by atoms with E-state index in [1.54, 1.807) is 13.2 Å². The van der Waals surface area contributed by atoms with Crippen LogP contribution in [0.25, 0.3) is 0 Å². The predicted molar refractivity (Wildman–Crippen MR) is 84.3 cm³/mol. The maximum absolute atomic E-state index is 13.5. The Labute approximate surface area is 126 Å². The highest BCUT2D eigenvalue weighted by atomic mass is 19.1. The van der Waals surface area contributed by atoms with Crippen molar-refractivity contribution in [2.24, 2.45) is 0 Å². The molecule has 0 radical (unpaired) electrons. The summed E-state index contributed by atoms with van der Waals surface area (Å²) >= 11 is 0. The molecule has 0 aromatic heterocycles. The van der Waals surface area contributed by atoms with E-state index in [0.717, 1.165) is 24.3 Å². The summed E-state index contributed by atoms with van der Waals surface area (Å²) in [7, 11) is 1.67. The summed E-state index contributed by atoms with van der Waals surface area (Å²) in [6.07, 6.45) is 1.65. The van der Waals surface area contributed by atoms with Gasteiger partial charge in [0.25, 0.3) is 0 Å². The van der Waals surface area contributed by atoms with Gasteiger partial charge in [-0.05, 0) is 55.6 Å². The highest BCUT2D eigenvalue weighted by Gasteiger charge is 2.05. The van der Waals surface area contributed by atoms with Gasteiger partial charge in [0.2, 0.25) is 0 Å². The molecule has 0 saturated carbocycles. The standard InChI is InChI=1S/C18H22FNO/c1-14(13-15-7-9-17(21-2)10-8-15)20-12-11-16-5-3-4-6-18(16)19/h3-10,14,20H,11-13H2,1-2H3/t14-/m1/s1. The molecule has 21 heavy (non-hydrogen) atoms. The molecule has 0 aliphatic carbocycles. The van der Waals surface area contributed by atoms with E-state index in [-0.39, 0.29) is 5.82 Å². The monoisotopic (exact) mass is 287 g/mol. The largest absolute Gasteiger partial charge is 0.497 e. The Kier molecular flexibility index (Phi) is 5.76. The molecule has 0 spiro atoms. The molecule has 2 rings (SSSR count). The second-order valence-electron chi connectivity index (χ2n) is 5.25. The van der Waals surface area contributed by atoms with Gasteiger partial charge in [-0.25, -0.2) is 4.39 Å². The van der Waals surface area contributed by atoms with Crippen molar-refractivity contribution in [1.82, 2.24) is 5.32 Å². The van der Waals surface area contributed by atoms with Gasteiger partial charge in [-0.2, -0.15) is 0 Å². The molecule has 0 unspecified atom stereocenters. The predicted octanol–water partition coefficient (Wildman–Crippen LogP) is 3.60. The number of rotatable bonds is 7. The number of hydrogen-bond donors (Lipinski definition) is 1. The fraction of sp³-hybridized carbons (Fsp3) is 0.333. The van der Waals surface area contributed by atoms with Crippen molar-refractivity contribution in [3.63, 3.8) is 0 Å². The van der Waals surface area contributed by atoms with Crippen LogP contribution in [0.15, 0.2) is 48.5 Å². The molecule has 0 amide bonds. The number of ether oxygens (including phenoxy) is 1. The fourth-order valence-electron chi connectivity index (χ4n) is 2.34. The first-order valence-electron chi connectivity index (χ1n) is 7.29. The van der Waals surface area contributed by atoms with Gasteiger partial charge in [0.1, 0.15) is 11.6 Å². The Balaban J connectivity index is 1.76. The molecule has 3 heteroatoms. The van der Waals surface area contributed by atoms with E-state index >= 15 is 0 Å². The number of nitrogens with one attached hydrogen (secondary N) is 1. The molecular weight excluding hydrogens is 265 g/mol. The van der Waals surface area contributed by atoms with E-state index in [2.05, 4.69) is 24.4 Å². The van der Waals surface area contributed by atoms with Crippen LogP contribution in [-0.4, -0.2) is 19.7 Å². The molecule has 0 aliphatic heterocycles. The summed E-state index contributed by atoms with van der Waals surface area (Å²) in [6.45, 7) is 2.92. The molecule has 0 aliphatic rings. The third kappa shape index (κ3) is 4.87. The summed E-state index contributed by atoms with van der Waals surface area (Å²) in [5, 5.41) is 3.44. The van der Waals surface area contributed by atoms with Crippen LogP contribution in [0.4, 0.5) is 4.39 Å². The molecule has 0 fully saturated rings. The molecule has 112 valence electrons. The van der Waals surface area contributed by atoms with Gasteiger partial charge in [0, 0.05) is 6.04 Å². The molecular formula is C18H22FNO. The van der Waals surface area contributed by atoms with Crippen molar-refractivity contribution in [3.05, 3.63) is 65.5 Å². The lowest BCUT2D eigenvalue weighted by Crippen LogP contribution is -2.30. The van der Waals surface area contributed by atoms with Gasteiger partial charge in [-0.1, -0.05) is 30.3 Å². The average molecular weight is 287 g/mol. The van der Waals surface area contributed by atoms with E-state index in [4.69, 9.17) is 4.74 Å². The minimum Gasteiger partial charge on any atom is -0.497 e. The van der Waals surface area contributed by atoms with E-state index in [1.807, 2.05) is 24.3 Å². The van der Waals surface area contributed by atoms with Crippen LogP contribution in [0.1, 0.15) is 18.1 Å². The molecule has 2 nitrogen and oxygen atoms in total. The van der Waals surface area contributed by atoms with Crippen LogP contribution in [0, 0.1) is 5.82 Å². The Morgan fingerprint density at radius 2 is 1.81 bits per heavy atom. The second kappa shape index (κ2) is 7.79. The lowest BCUT2D eigenvalue weighted by atomic mass is 10.1. The van der Waals surface area contributed by atoms with E-state index in [0.29, 0.717) is 12.5 Å². The van der Waals surface area contributed by atoms with E-state index in [1.165, 1.54) is 11.6 Å². The summed E-state index contributed by atoms with van der Waals surface area (Å²) in [5.74, 6) is 0.751. The first kappa shape index (κ1) is 15.5. The SMILES string of the molecule is COc1ccc(C[C@@H](C)NCCc2ccccc2F)cc1. The van der Waals surface area contributed by atoms with Crippen molar-refractivity contribution in [1.29, 1.82) is 0 Å². The average Bonchev–Trinajstić information content (AvgIpc) is 2.50. The van der Waals surface area contributed by atoms with Crippen LogP contribution in [0.5, 0.6) is 5.75 Å². The summed E-state index contributed by atoms with van der Waals surface area (Å²) in [5.41, 5.74) is 2.03. The summed E-state index contributed by atoms with van der Waals surface area (Å²) in [4.78, 5) is 0. The van der Waals surface area contributed by atoms with E-state index < -0.39 is 0 Å². The summed E-state index contributed by atoms with van der Waals surface area (Å²) in [6, 6.07) is 15.4. The summed E-state index contributed by atoms with van der Waals surface area (Å²) < 4.78 is 18.6. The Hall–Kier alpha value is -1.87. The lowest BCUT2D eigenvalue weighted by Gasteiger charge is -2.14. The van der Waals surface area contributed by atoms with Crippen molar-refractivity contribution < 1.29 is 9.13 Å². The zero-order valence-electron chi connectivity index (χ0n) is 12.6. The van der Waals surface area contributed by atoms with Gasteiger partial charge in [0.15, 0.2) is 0 Å². The third-order valence-electron chi connectivity index (χ3n) is 3.55. The van der Waals surface area contributed by atoms with Crippen LogP contribution >= 0.6 is 0 Å². The molecule has 0 saturated heterocycles. The van der Waals surface area contributed by atoms with Crippen LogP contribution in [0.2, 0.25) is 0 Å². The zero-order valence-corrected chi connectivity index (χ0v) is 12.6. The fourth-order valence-corrected chi connectivity index (χ4v) is 2.34. The number of halogens is 1. The minimum absolute atomic E-state index is 0.123. The lowest BCUT2D eigenvalue weighted by molar-refractivity contribution is 0.414. The molecule has 2 aromatic carbocycles. The number of methoxy groups -OCH3 is 1. The van der Waals surface area contributed by atoms with Crippen molar-refractivity contribution in [2.75, 3.05) is 13.7 Å².